The van der Waals surface area contributed by atoms with Crippen LogP contribution in [-0.4, -0.2) is 34.0 Å². The maximum Gasteiger partial charge on any atom is 0.271 e. The minimum atomic E-state index is -0.422. The number of aliphatic imine (C=N–C) groups is 1. The molecule has 1 aromatic carbocycles. The second-order valence-electron chi connectivity index (χ2n) is 5.81. The molecule has 0 saturated carbocycles. The van der Waals surface area contributed by atoms with Gasteiger partial charge in [-0.3, -0.25) is 20.2 Å². The molecule has 0 aliphatic carbocycles. The largest absolute Gasteiger partial charge is 0.497 e. The Morgan fingerprint density at radius 1 is 1.39 bits per heavy atom. The number of hydrogen-bond donors (Lipinski definition) is 2. The molecule has 4 rings (SSSR count). The molecule has 28 heavy (non-hydrogen) atoms. The SMILES string of the molecule is COc1ccc2c(c1)/C(=C\c1sc(=S)n(NC(=O)c3cccnc3)c1O)C=N2. The minimum Gasteiger partial charge on any atom is -0.497 e. The van der Waals surface area contributed by atoms with Crippen LogP contribution >= 0.6 is 23.6 Å². The Bertz CT molecular complexity index is 1180. The fraction of sp³-hybridized carbons (Fsp3) is 0.0526. The molecule has 0 bridgehead atoms. The summed E-state index contributed by atoms with van der Waals surface area (Å²) in [6, 6.07) is 8.86. The summed E-state index contributed by atoms with van der Waals surface area (Å²) in [6.07, 6.45) is 6.50. The molecule has 140 valence electrons. The Morgan fingerprint density at radius 2 is 2.25 bits per heavy atom. The Balaban J connectivity index is 1.66. The molecule has 0 radical (unpaired) electrons. The third-order valence-corrected chi connectivity index (χ3v) is 5.40. The third-order valence-electron chi connectivity index (χ3n) is 4.09. The molecule has 7 nitrogen and oxygen atoms in total. The second-order valence-corrected chi connectivity index (χ2v) is 7.49. The van der Waals surface area contributed by atoms with E-state index in [9.17, 15) is 9.90 Å². The van der Waals surface area contributed by atoms with Crippen LogP contribution in [0.5, 0.6) is 11.6 Å². The van der Waals surface area contributed by atoms with E-state index < -0.39 is 5.91 Å². The Labute approximate surface area is 169 Å². The number of aromatic hydroxyl groups is 1. The van der Waals surface area contributed by atoms with Gasteiger partial charge >= 0.3 is 0 Å². The van der Waals surface area contributed by atoms with Gasteiger partial charge in [-0.2, -0.15) is 4.68 Å². The van der Waals surface area contributed by atoms with Crippen molar-refractivity contribution in [2.24, 2.45) is 4.99 Å². The second kappa shape index (κ2) is 7.37. The smallest absolute Gasteiger partial charge is 0.271 e. The number of methoxy groups -OCH3 is 1. The van der Waals surface area contributed by atoms with Gasteiger partial charge < -0.3 is 9.84 Å². The van der Waals surface area contributed by atoms with Gasteiger partial charge in [-0.25, -0.2) is 0 Å². The first kappa shape index (κ1) is 18.1. The van der Waals surface area contributed by atoms with Crippen molar-refractivity contribution in [3.05, 3.63) is 62.7 Å². The van der Waals surface area contributed by atoms with Crippen molar-refractivity contribution in [2.75, 3.05) is 12.5 Å². The van der Waals surface area contributed by atoms with Crippen LogP contribution in [0.3, 0.4) is 0 Å². The summed E-state index contributed by atoms with van der Waals surface area (Å²) in [5.41, 5.74) is 5.47. The van der Waals surface area contributed by atoms with E-state index in [-0.39, 0.29) is 5.88 Å². The lowest BCUT2D eigenvalue weighted by molar-refractivity contribution is 0.100. The molecule has 0 fully saturated rings. The number of aromatic nitrogens is 2. The van der Waals surface area contributed by atoms with Crippen LogP contribution in [0, 0.1) is 3.95 Å². The Hall–Kier alpha value is -3.30. The maximum absolute atomic E-state index is 12.3. The number of hydrogen-bond acceptors (Lipinski definition) is 7. The molecule has 0 unspecified atom stereocenters. The number of amides is 1. The van der Waals surface area contributed by atoms with E-state index in [2.05, 4.69) is 15.4 Å². The van der Waals surface area contributed by atoms with Crippen molar-refractivity contribution in [3.8, 4) is 11.6 Å². The number of carbonyl (C=O) groups excluding carboxylic acids is 1. The first-order chi connectivity index (χ1) is 13.6. The van der Waals surface area contributed by atoms with Gasteiger partial charge in [0, 0.05) is 29.7 Å². The van der Waals surface area contributed by atoms with E-state index in [4.69, 9.17) is 17.0 Å². The summed E-state index contributed by atoms with van der Waals surface area (Å²) in [4.78, 5) is 21.1. The van der Waals surface area contributed by atoms with E-state index >= 15 is 0 Å². The summed E-state index contributed by atoms with van der Waals surface area (Å²) in [7, 11) is 1.60. The van der Waals surface area contributed by atoms with Gasteiger partial charge in [0.25, 0.3) is 5.91 Å². The zero-order valence-electron chi connectivity index (χ0n) is 14.6. The molecule has 0 atom stereocenters. The number of pyridine rings is 1. The molecule has 9 heteroatoms. The van der Waals surface area contributed by atoms with E-state index in [1.807, 2.05) is 18.2 Å². The lowest BCUT2D eigenvalue weighted by Crippen LogP contribution is -2.22. The van der Waals surface area contributed by atoms with Crippen molar-refractivity contribution in [1.82, 2.24) is 9.66 Å². The van der Waals surface area contributed by atoms with E-state index in [1.54, 1.807) is 37.7 Å². The Morgan fingerprint density at radius 3 is 3.00 bits per heavy atom. The monoisotopic (exact) mass is 410 g/mol. The van der Waals surface area contributed by atoms with Gasteiger partial charge in [0.1, 0.15) is 5.75 Å². The maximum atomic E-state index is 12.3. The number of carbonyl (C=O) groups is 1. The minimum absolute atomic E-state index is 0.149. The number of benzene rings is 1. The van der Waals surface area contributed by atoms with Crippen LogP contribution in [0.25, 0.3) is 11.6 Å². The van der Waals surface area contributed by atoms with Crippen LogP contribution in [0.2, 0.25) is 0 Å². The van der Waals surface area contributed by atoms with Gasteiger partial charge in [0.2, 0.25) is 5.88 Å². The van der Waals surface area contributed by atoms with Gasteiger partial charge in [-0.1, -0.05) is 11.3 Å². The summed E-state index contributed by atoms with van der Waals surface area (Å²) < 4.78 is 6.76. The van der Waals surface area contributed by atoms with Crippen molar-refractivity contribution in [3.63, 3.8) is 0 Å². The van der Waals surface area contributed by atoms with Gasteiger partial charge in [-0.05, 0) is 48.6 Å². The molecule has 2 aromatic heterocycles. The van der Waals surface area contributed by atoms with Crippen LogP contribution in [0.4, 0.5) is 5.69 Å². The Kier molecular flexibility index (Phi) is 4.76. The zero-order chi connectivity index (χ0) is 19.7. The van der Waals surface area contributed by atoms with Crippen LogP contribution in [0.1, 0.15) is 20.8 Å². The first-order valence-corrected chi connectivity index (χ1v) is 9.39. The number of rotatable bonds is 4. The molecular formula is C19H14N4O3S2. The molecule has 1 aliphatic rings. The first-order valence-electron chi connectivity index (χ1n) is 8.17. The van der Waals surface area contributed by atoms with E-state index in [1.165, 1.54) is 22.2 Å². The summed E-state index contributed by atoms with van der Waals surface area (Å²) in [5.74, 6) is 0.145. The van der Waals surface area contributed by atoms with Crippen molar-refractivity contribution >= 4 is 53.0 Å². The van der Waals surface area contributed by atoms with Gasteiger partial charge in [0.05, 0.1) is 23.2 Å². The summed E-state index contributed by atoms with van der Waals surface area (Å²) in [5, 5.41) is 10.6. The van der Waals surface area contributed by atoms with Crippen molar-refractivity contribution in [1.29, 1.82) is 0 Å². The van der Waals surface area contributed by atoms with Crippen molar-refractivity contribution in [2.45, 2.75) is 0 Å². The lowest BCUT2D eigenvalue weighted by atomic mass is 10.1. The number of fused-ring (bicyclic) bond motifs is 1. The van der Waals surface area contributed by atoms with Crippen LogP contribution < -0.4 is 10.2 Å². The highest BCUT2D eigenvalue weighted by atomic mass is 32.1. The fourth-order valence-corrected chi connectivity index (χ4v) is 3.87. The van der Waals surface area contributed by atoms with Gasteiger partial charge in [0.15, 0.2) is 3.95 Å². The fourth-order valence-electron chi connectivity index (χ4n) is 2.69. The molecule has 0 saturated heterocycles. The number of nitrogens with zero attached hydrogens (tertiary/aromatic N) is 3. The predicted molar refractivity (Wildman–Crippen MR) is 112 cm³/mol. The highest BCUT2D eigenvalue weighted by molar-refractivity contribution is 7.73. The topological polar surface area (TPSA) is 88.7 Å². The average Bonchev–Trinajstić information content (AvgIpc) is 3.24. The van der Waals surface area contributed by atoms with Crippen molar-refractivity contribution < 1.29 is 14.6 Å². The summed E-state index contributed by atoms with van der Waals surface area (Å²) >= 11 is 6.47. The van der Waals surface area contributed by atoms with Crippen LogP contribution in [-0.2, 0) is 0 Å². The molecule has 3 heterocycles. The number of thiazole rings is 1. The summed E-state index contributed by atoms with van der Waals surface area (Å²) in [6.45, 7) is 0. The average molecular weight is 410 g/mol. The normalized spacial score (nSPS) is 13.5. The molecule has 0 spiro atoms. The number of nitrogens with one attached hydrogen (secondary N) is 1. The highest BCUT2D eigenvalue weighted by Crippen LogP contribution is 2.37. The third kappa shape index (κ3) is 3.32. The molecule has 1 aliphatic heterocycles. The number of allylic oxidation sites excluding steroid dienone is 1. The standard InChI is InChI=1S/C19H14N4O3S2/c1-26-13-4-5-15-14(8-13)12(10-21-15)7-16-18(25)23(19(27)28-16)22-17(24)11-3-2-6-20-9-11/h2-10,25H,1H3,(H,22,24)/b12-7-. The molecule has 2 N–H and O–H groups in total. The van der Waals surface area contributed by atoms with E-state index in [0.717, 1.165) is 16.8 Å². The predicted octanol–water partition coefficient (Wildman–Crippen LogP) is 4.03. The molecular weight excluding hydrogens is 396 g/mol. The molecule has 3 aromatic rings. The highest BCUT2D eigenvalue weighted by Gasteiger charge is 2.18. The van der Waals surface area contributed by atoms with E-state index in [0.29, 0.717) is 20.1 Å². The number of ether oxygens (including phenoxy) is 1. The van der Waals surface area contributed by atoms with Gasteiger partial charge in [-0.15, -0.1) is 0 Å². The zero-order valence-corrected chi connectivity index (χ0v) is 16.3. The quantitative estimate of drug-likeness (QED) is 0.634. The molecule has 1 amide bonds. The van der Waals surface area contributed by atoms with Crippen LogP contribution in [0.15, 0.2) is 47.7 Å². The lowest BCUT2D eigenvalue weighted by Gasteiger charge is -2.07.